The topological polar surface area (TPSA) is 84.2 Å². The van der Waals surface area contributed by atoms with Crippen LogP contribution in [0.3, 0.4) is 0 Å². The minimum atomic E-state index is -0.476. The average molecular weight is 532 g/mol. The van der Waals surface area contributed by atoms with E-state index in [0.717, 1.165) is 18.7 Å². The second kappa shape index (κ2) is 11.8. The van der Waals surface area contributed by atoms with Gasteiger partial charge in [0.05, 0.1) is 12.3 Å². The molecule has 4 rings (SSSR count). The van der Waals surface area contributed by atoms with E-state index in [1.165, 1.54) is 30.0 Å². The Morgan fingerprint density at radius 2 is 1.97 bits per heavy atom. The van der Waals surface area contributed by atoms with Crippen LogP contribution in [0.4, 0.5) is 14.5 Å². The Morgan fingerprint density at radius 3 is 2.57 bits per heavy atom. The number of piperidine rings is 1. The number of likely N-dealkylation sites (tertiary alicyclic amines) is 1. The zero-order valence-corrected chi connectivity index (χ0v) is 22.5. The van der Waals surface area contributed by atoms with E-state index in [1.807, 2.05) is 23.9 Å². The van der Waals surface area contributed by atoms with Crippen LogP contribution < -0.4 is 10.4 Å². The van der Waals surface area contributed by atoms with Crippen molar-refractivity contribution in [1.29, 1.82) is 5.41 Å². The number of aliphatic hydroxyl groups is 1. The van der Waals surface area contributed by atoms with Crippen molar-refractivity contribution in [3.8, 4) is 11.1 Å². The molecule has 2 heterocycles. The van der Waals surface area contributed by atoms with Crippen molar-refractivity contribution in [2.45, 2.75) is 37.8 Å². The monoisotopic (exact) mass is 531 g/mol. The number of aliphatic hydroxyl groups excluding tert-OH is 1. The molecule has 1 fully saturated rings. The molecule has 1 saturated heterocycles. The molecule has 0 aliphatic carbocycles. The van der Waals surface area contributed by atoms with Gasteiger partial charge in [-0.05, 0) is 42.7 Å². The zero-order valence-electron chi connectivity index (χ0n) is 21.7. The first-order valence-corrected chi connectivity index (χ1v) is 13.6. The van der Waals surface area contributed by atoms with Crippen molar-refractivity contribution in [3.63, 3.8) is 0 Å². The van der Waals surface area contributed by atoms with Crippen molar-refractivity contribution in [1.82, 2.24) is 10.4 Å². The van der Waals surface area contributed by atoms with Gasteiger partial charge >= 0.3 is 0 Å². The number of aliphatic imine (C=N–C) groups is 1. The molecule has 2 aromatic rings. The third-order valence-electron chi connectivity index (χ3n) is 6.69. The third-order valence-corrected chi connectivity index (χ3v) is 7.72. The van der Waals surface area contributed by atoms with Gasteiger partial charge in [0, 0.05) is 60.8 Å². The summed E-state index contributed by atoms with van der Waals surface area (Å²) in [7, 11) is 3.69. The number of nitrogens with one attached hydrogen (secondary N) is 2. The highest BCUT2D eigenvalue weighted by atomic mass is 32.2. The molecule has 0 aromatic heterocycles. The number of nitrogens with zero attached hydrogens (tertiary/aromatic N) is 3. The van der Waals surface area contributed by atoms with Crippen LogP contribution in [0.5, 0.6) is 0 Å². The van der Waals surface area contributed by atoms with Crippen molar-refractivity contribution < 1.29 is 18.7 Å². The number of benzene rings is 2. The van der Waals surface area contributed by atoms with Crippen molar-refractivity contribution in [2.24, 2.45) is 16.8 Å². The van der Waals surface area contributed by atoms with E-state index in [0.29, 0.717) is 46.1 Å². The molecule has 0 spiro atoms. The van der Waals surface area contributed by atoms with E-state index in [9.17, 15) is 8.78 Å². The number of amidine groups is 2. The Balaban J connectivity index is 1.57. The summed E-state index contributed by atoms with van der Waals surface area (Å²) in [6, 6.07) is 7.58. The van der Waals surface area contributed by atoms with Gasteiger partial charge in [0.15, 0.2) is 6.23 Å². The van der Waals surface area contributed by atoms with Crippen LogP contribution >= 0.6 is 11.8 Å². The molecule has 1 unspecified atom stereocenters. The summed E-state index contributed by atoms with van der Waals surface area (Å²) in [5, 5.41) is 18.0. The molecule has 37 heavy (non-hydrogen) atoms. The first-order valence-electron chi connectivity index (χ1n) is 12.6. The number of thioether (sulfide) groups is 1. The maximum atomic E-state index is 14.9. The largest absolute Gasteiger partial charge is 0.396 e. The Labute approximate surface area is 221 Å². The fourth-order valence-electron chi connectivity index (χ4n) is 4.75. The average Bonchev–Trinajstić information content (AvgIpc) is 3.38. The first-order chi connectivity index (χ1) is 17.7. The minimum absolute atomic E-state index is 0.0416. The standard InChI is InChI=1S/C27H35F2N5O2S/c1-16(2)27-31-26(32-36-27)17-7-9-34(10-8-17)25(30)21-15-19(28)14-20(24(21)33(3)4)18-5-6-23(22(29)13-18)37-12-11-35/h5-6,13-17,27,30,35H,7-12H2,1-4H3,(H,31,32). The van der Waals surface area contributed by atoms with Crippen LogP contribution in [0.2, 0.25) is 0 Å². The molecular weight excluding hydrogens is 496 g/mol. The van der Waals surface area contributed by atoms with Gasteiger partial charge in [-0.15, -0.1) is 11.8 Å². The van der Waals surface area contributed by atoms with E-state index in [2.05, 4.69) is 24.3 Å². The quantitative estimate of drug-likeness (QED) is 0.259. The summed E-state index contributed by atoms with van der Waals surface area (Å²) < 4.78 is 29.7. The smallest absolute Gasteiger partial charge is 0.179 e. The molecule has 0 amide bonds. The number of rotatable bonds is 8. The Morgan fingerprint density at radius 1 is 1.24 bits per heavy atom. The molecule has 2 aliphatic rings. The minimum Gasteiger partial charge on any atom is -0.396 e. The van der Waals surface area contributed by atoms with Gasteiger partial charge in [-0.1, -0.05) is 19.9 Å². The molecule has 2 aliphatic heterocycles. The predicted molar refractivity (Wildman–Crippen MR) is 145 cm³/mol. The third kappa shape index (κ3) is 6.08. The number of hydrogen-bond acceptors (Lipinski definition) is 7. The van der Waals surface area contributed by atoms with Gasteiger partial charge < -0.3 is 14.9 Å². The fraction of sp³-hybridized carbons (Fsp3) is 0.481. The van der Waals surface area contributed by atoms with Gasteiger partial charge in [0.1, 0.15) is 23.3 Å². The van der Waals surface area contributed by atoms with Crippen LogP contribution in [0.1, 0.15) is 32.3 Å². The highest BCUT2D eigenvalue weighted by molar-refractivity contribution is 7.99. The molecule has 2 aromatic carbocycles. The van der Waals surface area contributed by atoms with E-state index < -0.39 is 11.6 Å². The van der Waals surface area contributed by atoms with Crippen LogP contribution in [-0.2, 0) is 4.84 Å². The van der Waals surface area contributed by atoms with Crippen molar-refractivity contribution in [2.75, 3.05) is 44.4 Å². The molecule has 0 saturated carbocycles. The van der Waals surface area contributed by atoms with Crippen LogP contribution in [-0.4, -0.2) is 67.5 Å². The maximum Gasteiger partial charge on any atom is 0.179 e. The van der Waals surface area contributed by atoms with Crippen LogP contribution in [0.15, 0.2) is 40.2 Å². The van der Waals surface area contributed by atoms with Crippen LogP contribution in [0, 0.1) is 28.9 Å². The summed E-state index contributed by atoms with van der Waals surface area (Å²) in [5.41, 5.74) is 5.18. The first kappa shape index (κ1) is 27.3. The van der Waals surface area contributed by atoms with Crippen LogP contribution in [0.25, 0.3) is 11.1 Å². The van der Waals surface area contributed by atoms with Gasteiger partial charge in [-0.2, -0.15) is 0 Å². The highest BCUT2D eigenvalue weighted by Gasteiger charge is 2.31. The van der Waals surface area contributed by atoms with Crippen molar-refractivity contribution in [3.05, 3.63) is 47.5 Å². The fourth-order valence-corrected chi connectivity index (χ4v) is 5.43. The normalized spacial score (nSPS) is 18.2. The lowest BCUT2D eigenvalue weighted by Gasteiger charge is -2.35. The predicted octanol–water partition coefficient (Wildman–Crippen LogP) is 4.73. The second-order valence-corrected chi connectivity index (χ2v) is 11.1. The lowest BCUT2D eigenvalue weighted by Crippen LogP contribution is -2.42. The highest BCUT2D eigenvalue weighted by Crippen LogP contribution is 2.37. The van der Waals surface area contributed by atoms with Crippen molar-refractivity contribution >= 4 is 29.1 Å². The summed E-state index contributed by atoms with van der Waals surface area (Å²) in [6.45, 7) is 5.37. The molecule has 1 atom stereocenters. The maximum absolute atomic E-state index is 14.9. The molecule has 7 nitrogen and oxygen atoms in total. The molecule has 200 valence electrons. The number of halogens is 2. The van der Waals surface area contributed by atoms with E-state index >= 15 is 0 Å². The molecular formula is C27H35F2N5O2S. The van der Waals surface area contributed by atoms with Gasteiger partial charge in [0.25, 0.3) is 0 Å². The summed E-state index contributed by atoms with van der Waals surface area (Å²) in [4.78, 5) is 14.5. The SMILES string of the molecule is CC(C)C1N=C(C2CCN(C(=N)c3cc(F)cc(-c4ccc(SCCO)c(F)c4)c3N(C)C)CC2)NO1. The molecule has 0 radical (unpaired) electrons. The van der Waals surface area contributed by atoms with Gasteiger partial charge in [0.2, 0.25) is 0 Å². The number of anilines is 1. The molecule has 3 N–H and O–H groups in total. The Kier molecular flexibility index (Phi) is 8.71. The zero-order chi connectivity index (χ0) is 26.7. The van der Waals surface area contributed by atoms with E-state index in [-0.39, 0.29) is 30.5 Å². The number of hydroxylamine groups is 1. The molecule has 10 heteroatoms. The lowest BCUT2D eigenvalue weighted by molar-refractivity contribution is 0.00929. The van der Waals surface area contributed by atoms with E-state index in [4.69, 9.17) is 15.4 Å². The Bertz CT molecular complexity index is 1170. The summed E-state index contributed by atoms with van der Waals surface area (Å²) in [5.74, 6) is 1.13. The molecule has 0 bridgehead atoms. The van der Waals surface area contributed by atoms with Gasteiger partial charge in [-0.25, -0.2) is 18.6 Å². The summed E-state index contributed by atoms with van der Waals surface area (Å²) in [6.07, 6.45) is 1.44. The lowest BCUT2D eigenvalue weighted by atomic mass is 9.93. The van der Waals surface area contributed by atoms with E-state index in [1.54, 1.807) is 12.1 Å². The Hall–Kier alpha value is -2.69. The van der Waals surface area contributed by atoms with Gasteiger partial charge in [-0.3, -0.25) is 10.9 Å². The summed E-state index contributed by atoms with van der Waals surface area (Å²) >= 11 is 1.23. The number of hydrogen-bond donors (Lipinski definition) is 3. The second-order valence-electron chi connectivity index (χ2n) is 9.94.